The van der Waals surface area contributed by atoms with Gasteiger partial charge in [0.15, 0.2) is 0 Å². The van der Waals surface area contributed by atoms with Crippen molar-refractivity contribution >= 4 is 12.6 Å². The first-order valence-electron chi connectivity index (χ1n) is 7.00. The van der Waals surface area contributed by atoms with Crippen molar-refractivity contribution in [3.8, 4) is 5.75 Å². The highest BCUT2D eigenvalue weighted by Gasteiger charge is 2.13. The van der Waals surface area contributed by atoms with Crippen molar-refractivity contribution in [2.24, 2.45) is 5.92 Å². The van der Waals surface area contributed by atoms with E-state index in [0.29, 0.717) is 30.3 Å². The second kappa shape index (κ2) is 8.27. The zero-order valence-corrected chi connectivity index (χ0v) is 11.5. The fourth-order valence-corrected chi connectivity index (χ4v) is 2.12. The smallest absolute Gasteiger partial charge is 0.488 e. The van der Waals surface area contributed by atoms with E-state index in [0.717, 1.165) is 32.7 Å². The van der Waals surface area contributed by atoms with Gasteiger partial charge >= 0.3 is 7.12 Å². The van der Waals surface area contributed by atoms with Crippen LogP contribution in [0.1, 0.15) is 12.8 Å². The molecule has 1 aromatic rings. The minimum absolute atomic E-state index is 0.452. The molecule has 0 bridgehead atoms. The first-order chi connectivity index (χ1) is 9.75. The van der Waals surface area contributed by atoms with E-state index in [1.807, 2.05) is 0 Å². The second-order valence-corrected chi connectivity index (χ2v) is 4.92. The predicted octanol–water partition coefficient (Wildman–Crippen LogP) is 0.188. The second-order valence-electron chi connectivity index (χ2n) is 4.92. The number of benzene rings is 1. The maximum atomic E-state index is 8.97. The zero-order valence-electron chi connectivity index (χ0n) is 11.5. The van der Waals surface area contributed by atoms with E-state index in [2.05, 4.69) is 0 Å². The van der Waals surface area contributed by atoms with Crippen molar-refractivity contribution in [1.29, 1.82) is 0 Å². The Bertz CT molecular complexity index is 376. The maximum Gasteiger partial charge on any atom is 0.488 e. The van der Waals surface area contributed by atoms with Crippen LogP contribution in [0.25, 0.3) is 0 Å². The normalized spacial score (nSPS) is 16.1. The fourth-order valence-electron chi connectivity index (χ4n) is 2.12. The summed E-state index contributed by atoms with van der Waals surface area (Å²) in [4.78, 5) is 0. The van der Waals surface area contributed by atoms with Crippen LogP contribution in [0.2, 0.25) is 0 Å². The molecule has 0 saturated carbocycles. The number of rotatable bonds is 7. The van der Waals surface area contributed by atoms with Gasteiger partial charge in [-0.1, -0.05) is 12.1 Å². The van der Waals surface area contributed by atoms with Crippen LogP contribution < -0.4 is 10.2 Å². The topological polar surface area (TPSA) is 68.2 Å². The molecule has 0 atom stereocenters. The molecule has 1 aromatic carbocycles. The van der Waals surface area contributed by atoms with Gasteiger partial charge in [-0.3, -0.25) is 0 Å². The number of hydrogen-bond donors (Lipinski definition) is 2. The Morgan fingerprint density at radius 1 is 1.10 bits per heavy atom. The summed E-state index contributed by atoms with van der Waals surface area (Å²) in [6.07, 6.45) is 2.15. The van der Waals surface area contributed by atoms with Crippen molar-refractivity contribution < 1.29 is 24.3 Å². The van der Waals surface area contributed by atoms with Crippen LogP contribution in [0.15, 0.2) is 24.3 Å². The van der Waals surface area contributed by atoms with Crippen molar-refractivity contribution in [2.45, 2.75) is 12.8 Å². The molecule has 110 valence electrons. The van der Waals surface area contributed by atoms with Gasteiger partial charge in [0.1, 0.15) is 12.4 Å². The molecule has 0 aliphatic carbocycles. The van der Waals surface area contributed by atoms with E-state index in [4.69, 9.17) is 24.3 Å². The monoisotopic (exact) mass is 280 g/mol. The van der Waals surface area contributed by atoms with Gasteiger partial charge in [-0.2, -0.15) is 0 Å². The highest BCUT2D eigenvalue weighted by molar-refractivity contribution is 6.58. The summed E-state index contributed by atoms with van der Waals surface area (Å²) in [6, 6.07) is 6.69. The molecule has 0 amide bonds. The maximum absolute atomic E-state index is 8.97. The van der Waals surface area contributed by atoms with Gasteiger partial charge in [0.25, 0.3) is 0 Å². The van der Waals surface area contributed by atoms with E-state index in [-0.39, 0.29) is 0 Å². The molecule has 6 heteroatoms. The Labute approximate surface area is 119 Å². The molecular formula is C14H21BO5. The van der Waals surface area contributed by atoms with E-state index in [9.17, 15) is 0 Å². The Morgan fingerprint density at radius 3 is 2.45 bits per heavy atom. The average Bonchev–Trinajstić information content (AvgIpc) is 2.48. The van der Waals surface area contributed by atoms with Gasteiger partial charge in [0.2, 0.25) is 0 Å². The summed E-state index contributed by atoms with van der Waals surface area (Å²) in [7, 11) is -1.44. The molecule has 20 heavy (non-hydrogen) atoms. The summed E-state index contributed by atoms with van der Waals surface area (Å²) in [5, 5.41) is 17.9. The molecule has 1 saturated heterocycles. The minimum Gasteiger partial charge on any atom is -0.491 e. The quantitative estimate of drug-likeness (QED) is 0.551. The first kappa shape index (κ1) is 15.3. The Morgan fingerprint density at radius 2 is 1.80 bits per heavy atom. The third-order valence-electron chi connectivity index (χ3n) is 3.37. The molecule has 1 aliphatic heterocycles. The van der Waals surface area contributed by atoms with Crippen LogP contribution in [0.3, 0.4) is 0 Å². The molecule has 2 rings (SSSR count). The molecule has 2 N–H and O–H groups in total. The summed E-state index contributed by atoms with van der Waals surface area (Å²) in [5.74, 6) is 1.30. The van der Waals surface area contributed by atoms with Gasteiger partial charge in [-0.05, 0) is 36.4 Å². The Balaban J connectivity index is 1.58. The molecule has 0 unspecified atom stereocenters. The first-order valence-corrected chi connectivity index (χ1v) is 7.00. The number of hydrogen-bond acceptors (Lipinski definition) is 5. The predicted molar refractivity (Wildman–Crippen MR) is 76.1 cm³/mol. The largest absolute Gasteiger partial charge is 0.491 e. The van der Waals surface area contributed by atoms with Crippen molar-refractivity contribution in [3.05, 3.63) is 24.3 Å². The molecule has 0 spiro atoms. The standard InChI is InChI=1S/C14H21BO5/c16-15(17)13-1-3-14(4-2-13)20-10-9-19-11-12-5-7-18-8-6-12/h1-4,12,16-17H,5-11H2. The van der Waals surface area contributed by atoms with Gasteiger partial charge < -0.3 is 24.3 Å². The van der Waals surface area contributed by atoms with Crippen molar-refractivity contribution in [2.75, 3.05) is 33.0 Å². The van der Waals surface area contributed by atoms with Gasteiger partial charge in [0, 0.05) is 19.8 Å². The number of ether oxygens (including phenoxy) is 3. The van der Waals surface area contributed by atoms with Crippen LogP contribution in [-0.2, 0) is 9.47 Å². The summed E-state index contributed by atoms with van der Waals surface area (Å²) >= 11 is 0. The highest BCUT2D eigenvalue weighted by atomic mass is 16.5. The van der Waals surface area contributed by atoms with Gasteiger partial charge in [-0.15, -0.1) is 0 Å². The Kier molecular flexibility index (Phi) is 6.33. The SMILES string of the molecule is OB(O)c1ccc(OCCOCC2CCOCC2)cc1. The lowest BCUT2D eigenvalue weighted by Gasteiger charge is -2.21. The lowest BCUT2D eigenvalue weighted by Crippen LogP contribution is -2.29. The summed E-state index contributed by atoms with van der Waals surface area (Å²) < 4.78 is 16.4. The molecular weight excluding hydrogens is 259 g/mol. The van der Waals surface area contributed by atoms with Crippen LogP contribution in [0.5, 0.6) is 5.75 Å². The highest BCUT2D eigenvalue weighted by Crippen LogP contribution is 2.14. The van der Waals surface area contributed by atoms with Gasteiger partial charge in [-0.25, -0.2) is 0 Å². The molecule has 0 radical (unpaired) electrons. The van der Waals surface area contributed by atoms with E-state index >= 15 is 0 Å². The van der Waals surface area contributed by atoms with Crippen LogP contribution in [0, 0.1) is 5.92 Å². The molecule has 5 nitrogen and oxygen atoms in total. The molecule has 1 aliphatic rings. The third-order valence-corrected chi connectivity index (χ3v) is 3.37. The summed E-state index contributed by atoms with van der Waals surface area (Å²) in [5.41, 5.74) is 0.452. The lowest BCUT2D eigenvalue weighted by molar-refractivity contribution is 0.0139. The Hall–Kier alpha value is -1.08. The fraction of sp³-hybridized carbons (Fsp3) is 0.571. The van der Waals surface area contributed by atoms with Gasteiger partial charge in [0.05, 0.1) is 6.61 Å². The molecule has 0 aromatic heterocycles. The van der Waals surface area contributed by atoms with Crippen LogP contribution in [-0.4, -0.2) is 50.2 Å². The van der Waals surface area contributed by atoms with E-state index in [1.54, 1.807) is 24.3 Å². The zero-order chi connectivity index (χ0) is 14.2. The van der Waals surface area contributed by atoms with E-state index < -0.39 is 7.12 Å². The van der Waals surface area contributed by atoms with Crippen LogP contribution >= 0.6 is 0 Å². The molecule has 1 fully saturated rings. The molecule has 1 heterocycles. The summed E-state index contributed by atoms with van der Waals surface area (Å²) in [6.45, 7) is 3.50. The minimum atomic E-state index is -1.44. The third kappa shape index (κ3) is 5.13. The lowest BCUT2D eigenvalue weighted by atomic mass is 9.80. The van der Waals surface area contributed by atoms with E-state index in [1.165, 1.54) is 0 Å². The van der Waals surface area contributed by atoms with Crippen molar-refractivity contribution in [1.82, 2.24) is 0 Å². The van der Waals surface area contributed by atoms with Crippen molar-refractivity contribution in [3.63, 3.8) is 0 Å². The average molecular weight is 280 g/mol. The van der Waals surface area contributed by atoms with Crippen LogP contribution in [0.4, 0.5) is 0 Å².